The quantitative estimate of drug-likeness (QED) is 0.175. The molecule has 11 rings (SSSR count). The number of fused-ring (bicyclic) bond motifs is 5. The Morgan fingerprint density at radius 3 is 1.39 bits per heavy atom. The Morgan fingerprint density at radius 2 is 0.750 bits per heavy atom. The van der Waals surface area contributed by atoms with Crippen LogP contribution in [0.4, 0.5) is 0 Å². The molecule has 10 aromatic carbocycles. The van der Waals surface area contributed by atoms with Crippen molar-refractivity contribution in [1.82, 2.24) is 0 Å². The molecule has 0 aliphatic heterocycles. The molecule has 0 aromatic heterocycles. The number of hydrogen-bond donors (Lipinski definition) is 0. The first-order valence-corrected chi connectivity index (χ1v) is 19.1. The summed E-state index contributed by atoms with van der Waals surface area (Å²) in [4.78, 5) is 0. The molecule has 0 amide bonds. The minimum atomic E-state index is 0.670. The van der Waals surface area contributed by atoms with Gasteiger partial charge in [0.1, 0.15) is 0 Å². The molecular weight excluding hydrogens is 675 g/mol. The van der Waals surface area contributed by atoms with Gasteiger partial charge in [-0.05, 0) is 141 Å². The summed E-state index contributed by atoms with van der Waals surface area (Å²) in [6.07, 6.45) is 0. The fourth-order valence-corrected chi connectivity index (χ4v) is 9.07. The molecule has 1 aliphatic carbocycles. The van der Waals surface area contributed by atoms with Crippen molar-refractivity contribution in [1.29, 1.82) is 5.26 Å². The molecule has 258 valence electrons. The van der Waals surface area contributed by atoms with Gasteiger partial charge in [-0.15, -0.1) is 0 Å². The summed E-state index contributed by atoms with van der Waals surface area (Å²) in [5.41, 5.74) is 18.0. The van der Waals surface area contributed by atoms with Crippen LogP contribution in [0.15, 0.2) is 200 Å². The summed E-state index contributed by atoms with van der Waals surface area (Å²) in [5, 5.41) is 16.8. The summed E-state index contributed by atoms with van der Waals surface area (Å²) in [7, 11) is 0. The highest BCUT2D eigenvalue weighted by atomic mass is 14.3. The summed E-state index contributed by atoms with van der Waals surface area (Å²) < 4.78 is 0. The van der Waals surface area contributed by atoms with E-state index in [0.717, 1.165) is 11.1 Å². The zero-order valence-electron chi connectivity index (χ0n) is 30.5. The van der Waals surface area contributed by atoms with Crippen LogP contribution in [0.5, 0.6) is 0 Å². The van der Waals surface area contributed by atoms with Crippen molar-refractivity contribution < 1.29 is 0 Å². The van der Waals surface area contributed by atoms with Crippen molar-refractivity contribution in [3.63, 3.8) is 0 Å². The monoisotopic (exact) mass is 707 g/mol. The molecular formula is C55H33N. The van der Waals surface area contributed by atoms with Gasteiger partial charge in [-0.3, -0.25) is 0 Å². The van der Waals surface area contributed by atoms with Gasteiger partial charge in [-0.2, -0.15) is 5.26 Å². The number of nitrogens with zero attached hydrogens (tertiary/aromatic N) is 1. The van der Waals surface area contributed by atoms with Crippen molar-refractivity contribution in [2.24, 2.45) is 0 Å². The molecule has 0 saturated heterocycles. The van der Waals surface area contributed by atoms with E-state index in [9.17, 15) is 5.26 Å². The second-order valence-electron chi connectivity index (χ2n) is 14.7. The van der Waals surface area contributed by atoms with E-state index in [0.29, 0.717) is 5.56 Å². The highest BCUT2D eigenvalue weighted by Gasteiger charge is 2.31. The lowest BCUT2D eigenvalue weighted by Crippen LogP contribution is -1.93. The summed E-state index contributed by atoms with van der Waals surface area (Å²) in [6.45, 7) is 0. The van der Waals surface area contributed by atoms with Crippen molar-refractivity contribution in [2.45, 2.75) is 0 Å². The Kier molecular flexibility index (Phi) is 7.31. The van der Waals surface area contributed by atoms with Gasteiger partial charge in [-0.25, -0.2) is 0 Å². The smallest absolute Gasteiger partial charge is 0.0991 e. The molecule has 0 spiro atoms. The second kappa shape index (κ2) is 12.8. The Morgan fingerprint density at radius 1 is 0.286 bits per heavy atom. The van der Waals surface area contributed by atoms with Crippen LogP contribution in [0, 0.1) is 11.3 Å². The number of benzene rings is 10. The first-order valence-electron chi connectivity index (χ1n) is 19.1. The molecule has 0 saturated carbocycles. The number of hydrogen-bond acceptors (Lipinski definition) is 1. The Hall–Kier alpha value is -7.53. The van der Waals surface area contributed by atoms with Gasteiger partial charge in [0, 0.05) is 0 Å². The summed E-state index contributed by atoms with van der Waals surface area (Å²) in [5.74, 6) is 0. The molecule has 0 N–H and O–H groups in total. The normalized spacial score (nSPS) is 11.6. The summed E-state index contributed by atoms with van der Waals surface area (Å²) >= 11 is 0. The van der Waals surface area contributed by atoms with Crippen molar-refractivity contribution in [3.05, 3.63) is 206 Å². The number of nitriles is 1. The number of rotatable bonds is 5. The van der Waals surface area contributed by atoms with Crippen LogP contribution in [0.25, 0.3) is 110 Å². The zero-order chi connectivity index (χ0) is 37.2. The largest absolute Gasteiger partial charge is 0.192 e. The van der Waals surface area contributed by atoms with Gasteiger partial charge >= 0.3 is 0 Å². The van der Waals surface area contributed by atoms with Crippen LogP contribution in [-0.4, -0.2) is 0 Å². The van der Waals surface area contributed by atoms with E-state index in [1.165, 1.54) is 99.1 Å². The molecule has 0 fully saturated rings. The maximum Gasteiger partial charge on any atom is 0.0991 e. The molecule has 1 heteroatoms. The molecule has 1 aliphatic rings. The van der Waals surface area contributed by atoms with Gasteiger partial charge in [0.15, 0.2) is 0 Å². The van der Waals surface area contributed by atoms with Crippen LogP contribution in [0.2, 0.25) is 0 Å². The fourth-order valence-electron chi connectivity index (χ4n) is 9.07. The minimum Gasteiger partial charge on any atom is -0.192 e. The van der Waals surface area contributed by atoms with Crippen LogP contribution in [-0.2, 0) is 0 Å². The van der Waals surface area contributed by atoms with E-state index in [-0.39, 0.29) is 0 Å². The average Bonchev–Trinajstić information content (AvgIpc) is 3.60. The molecule has 0 bridgehead atoms. The van der Waals surface area contributed by atoms with E-state index in [2.05, 4.69) is 182 Å². The first kappa shape index (κ1) is 31.9. The molecule has 1 nitrogen and oxygen atoms in total. The lowest BCUT2D eigenvalue weighted by molar-refractivity contribution is 1.48. The molecule has 56 heavy (non-hydrogen) atoms. The Labute approximate surface area is 326 Å². The molecule has 0 atom stereocenters. The van der Waals surface area contributed by atoms with Crippen LogP contribution < -0.4 is 0 Å². The van der Waals surface area contributed by atoms with Crippen molar-refractivity contribution in [3.8, 4) is 84.0 Å². The maximum atomic E-state index is 9.24. The zero-order valence-corrected chi connectivity index (χ0v) is 30.5. The molecule has 10 aromatic rings. The van der Waals surface area contributed by atoms with Gasteiger partial charge in [0.25, 0.3) is 0 Å². The first-order chi connectivity index (χ1) is 27.7. The third kappa shape index (κ3) is 5.01. The lowest BCUT2D eigenvalue weighted by atomic mass is 9.82. The Bertz CT molecular complexity index is 3130. The van der Waals surface area contributed by atoms with Crippen LogP contribution in [0.3, 0.4) is 0 Å². The van der Waals surface area contributed by atoms with Crippen molar-refractivity contribution in [2.75, 3.05) is 0 Å². The van der Waals surface area contributed by atoms with Crippen LogP contribution in [0.1, 0.15) is 5.56 Å². The van der Waals surface area contributed by atoms with Crippen molar-refractivity contribution >= 4 is 32.3 Å². The van der Waals surface area contributed by atoms with E-state index in [4.69, 9.17) is 0 Å². The van der Waals surface area contributed by atoms with E-state index < -0.39 is 0 Å². The predicted octanol–water partition coefficient (Wildman–Crippen LogP) is 15.0. The molecule has 0 heterocycles. The van der Waals surface area contributed by atoms with Gasteiger partial charge in [-0.1, -0.05) is 170 Å². The average molecular weight is 708 g/mol. The van der Waals surface area contributed by atoms with Gasteiger partial charge in [0.05, 0.1) is 11.6 Å². The SMILES string of the molecule is N#Cc1ccc(-c2cccc(-c3ccc4cc(-c5ccc6c7c(cccc57)-c5c-6c(-c6ccccc6)c6ccccc6c5-c5ccccc5)ccc4c3)c2)cc1. The maximum absolute atomic E-state index is 9.24. The molecule has 0 unspecified atom stereocenters. The highest BCUT2D eigenvalue weighted by molar-refractivity contribution is 6.28. The Balaban J connectivity index is 1.06. The highest BCUT2D eigenvalue weighted by Crippen LogP contribution is 2.58. The van der Waals surface area contributed by atoms with Crippen LogP contribution >= 0.6 is 0 Å². The van der Waals surface area contributed by atoms with Gasteiger partial charge in [0.2, 0.25) is 0 Å². The van der Waals surface area contributed by atoms with E-state index in [1.807, 2.05) is 24.3 Å². The van der Waals surface area contributed by atoms with Gasteiger partial charge < -0.3 is 0 Å². The van der Waals surface area contributed by atoms with E-state index in [1.54, 1.807) is 0 Å². The predicted molar refractivity (Wildman–Crippen MR) is 235 cm³/mol. The van der Waals surface area contributed by atoms with E-state index >= 15 is 0 Å². The topological polar surface area (TPSA) is 23.8 Å². The summed E-state index contributed by atoms with van der Waals surface area (Å²) in [6, 6.07) is 74.7. The fraction of sp³-hybridized carbons (Fsp3) is 0. The minimum absolute atomic E-state index is 0.670. The third-order valence-electron chi connectivity index (χ3n) is 11.6. The lowest BCUT2D eigenvalue weighted by Gasteiger charge is -2.20. The second-order valence-corrected chi connectivity index (χ2v) is 14.7. The molecule has 0 radical (unpaired) electrons. The third-order valence-corrected chi connectivity index (χ3v) is 11.6. The standard InChI is InChI=1S/C55H33N/c56-34-35-21-23-36(24-22-35)39-15-9-16-40(31-39)41-25-26-43-33-44(28-27-42(43)32-41)45-29-30-50-53-46(45)19-10-20-49(53)54-51(37-11-3-1-4-12-37)47-17-7-8-18-48(47)52(55(50)54)38-13-5-2-6-14-38/h1-33H.